The van der Waals surface area contributed by atoms with Crippen LogP contribution in [0.2, 0.25) is 0 Å². The zero-order chi connectivity index (χ0) is 18.4. The molecule has 0 aliphatic rings. The van der Waals surface area contributed by atoms with Crippen molar-refractivity contribution in [3.05, 3.63) is 102 Å². The number of carbonyl (C=O) groups excluding carboxylic acids is 1. The fourth-order valence-corrected chi connectivity index (χ4v) is 3.14. The molecule has 3 rings (SSSR count). The third-order valence-corrected chi connectivity index (χ3v) is 4.24. The Bertz CT molecular complexity index is 892. The van der Waals surface area contributed by atoms with E-state index in [4.69, 9.17) is 4.74 Å². The van der Waals surface area contributed by atoms with E-state index in [9.17, 15) is 4.79 Å². The monoisotopic (exact) mass is 342 g/mol. The van der Waals surface area contributed by atoms with Gasteiger partial charge in [0.05, 0.1) is 0 Å². The van der Waals surface area contributed by atoms with Crippen molar-refractivity contribution in [2.45, 2.75) is 20.3 Å². The van der Waals surface area contributed by atoms with Gasteiger partial charge < -0.3 is 4.74 Å². The largest absolute Gasteiger partial charge is 0.427 e. The molecule has 0 aliphatic carbocycles. The van der Waals surface area contributed by atoms with Crippen molar-refractivity contribution in [1.82, 2.24) is 0 Å². The van der Waals surface area contributed by atoms with Gasteiger partial charge in [0.2, 0.25) is 0 Å². The summed E-state index contributed by atoms with van der Waals surface area (Å²) in [5, 5.41) is 0. The average molecular weight is 342 g/mol. The predicted octanol–water partition coefficient (Wildman–Crippen LogP) is 5.98. The lowest BCUT2D eigenvalue weighted by Crippen LogP contribution is -2.01. The Labute approximate surface area is 154 Å². The Hall–Kier alpha value is -3.13. The van der Waals surface area contributed by atoms with Gasteiger partial charge in [0.25, 0.3) is 0 Å². The van der Waals surface area contributed by atoms with Crippen LogP contribution >= 0.6 is 0 Å². The molecule has 2 heteroatoms. The van der Waals surface area contributed by atoms with Crippen LogP contribution in [0, 0.1) is 0 Å². The zero-order valence-electron chi connectivity index (χ0n) is 15.1. The second kappa shape index (κ2) is 8.30. The van der Waals surface area contributed by atoms with Crippen LogP contribution in [-0.4, -0.2) is 5.97 Å². The third kappa shape index (κ3) is 4.09. The maximum absolute atomic E-state index is 11.2. The normalized spacial score (nSPS) is 11.6. The highest BCUT2D eigenvalue weighted by Crippen LogP contribution is 2.34. The highest BCUT2D eigenvalue weighted by atomic mass is 16.5. The molecule has 0 amide bonds. The van der Waals surface area contributed by atoms with Gasteiger partial charge in [0.15, 0.2) is 0 Å². The van der Waals surface area contributed by atoms with Crippen molar-refractivity contribution in [2.24, 2.45) is 0 Å². The number of ether oxygens (including phenoxy) is 1. The molecule has 0 atom stereocenters. The topological polar surface area (TPSA) is 26.3 Å². The summed E-state index contributed by atoms with van der Waals surface area (Å²) < 4.78 is 5.17. The molecule has 0 spiro atoms. The molecule has 3 aromatic carbocycles. The second-order valence-electron chi connectivity index (χ2n) is 6.06. The molecule has 0 heterocycles. The molecule has 130 valence electrons. The van der Waals surface area contributed by atoms with Gasteiger partial charge in [0.1, 0.15) is 5.75 Å². The molecule has 3 aromatic rings. The Morgan fingerprint density at radius 2 is 1.23 bits per heavy atom. The van der Waals surface area contributed by atoms with E-state index in [0.29, 0.717) is 5.75 Å². The van der Waals surface area contributed by atoms with Crippen molar-refractivity contribution < 1.29 is 9.53 Å². The van der Waals surface area contributed by atoms with Crippen LogP contribution in [0.15, 0.2) is 84.9 Å². The number of benzene rings is 3. The molecular weight excluding hydrogens is 320 g/mol. The fourth-order valence-electron chi connectivity index (χ4n) is 3.14. The van der Waals surface area contributed by atoms with Gasteiger partial charge in [-0.3, -0.25) is 4.79 Å². The molecule has 0 saturated heterocycles. The number of carbonyl (C=O) groups is 1. The lowest BCUT2D eigenvalue weighted by molar-refractivity contribution is -0.131. The first kappa shape index (κ1) is 17.7. The quantitative estimate of drug-likeness (QED) is 0.324. The SMILES string of the molecule is CC/C(=C(\c1ccccc1)c1ccc(OC(C)=O)cc1)c1ccccc1. The fraction of sp³-hybridized carbons (Fsp3) is 0.125. The Kier molecular flexibility index (Phi) is 5.65. The summed E-state index contributed by atoms with van der Waals surface area (Å²) in [7, 11) is 0. The van der Waals surface area contributed by atoms with Crippen LogP contribution in [0.3, 0.4) is 0 Å². The highest BCUT2D eigenvalue weighted by molar-refractivity contribution is 5.98. The minimum absolute atomic E-state index is 0.310. The summed E-state index contributed by atoms with van der Waals surface area (Å²) in [6.45, 7) is 3.59. The summed E-state index contributed by atoms with van der Waals surface area (Å²) in [5.74, 6) is 0.251. The third-order valence-electron chi connectivity index (χ3n) is 4.24. The Balaban J connectivity index is 2.16. The number of rotatable bonds is 5. The molecular formula is C24H22O2. The van der Waals surface area contributed by atoms with E-state index in [1.807, 2.05) is 36.4 Å². The van der Waals surface area contributed by atoms with Crippen LogP contribution in [0.1, 0.15) is 37.0 Å². The van der Waals surface area contributed by atoms with E-state index < -0.39 is 0 Å². The molecule has 0 N–H and O–H groups in total. The van der Waals surface area contributed by atoms with Gasteiger partial charge in [-0.2, -0.15) is 0 Å². The summed E-state index contributed by atoms with van der Waals surface area (Å²) in [4.78, 5) is 11.2. The molecule has 0 unspecified atom stereocenters. The van der Waals surface area contributed by atoms with Gasteiger partial charge in [-0.15, -0.1) is 0 Å². The maximum atomic E-state index is 11.2. The molecule has 0 fully saturated rings. The predicted molar refractivity (Wildman–Crippen MR) is 107 cm³/mol. The summed E-state index contributed by atoms with van der Waals surface area (Å²) in [6, 6.07) is 28.6. The summed E-state index contributed by atoms with van der Waals surface area (Å²) >= 11 is 0. The standard InChI is InChI=1S/C24H22O2/c1-3-23(19-10-6-4-7-11-19)24(20-12-8-5-9-13-20)21-14-16-22(17-15-21)26-18(2)25/h4-17H,3H2,1-2H3/b24-23-. The smallest absolute Gasteiger partial charge is 0.308 e. The minimum Gasteiger partial charge on any atom is -0.427 e. The molecule has 2 nitrogen and oxygen atoms in total. The average Bonchev–Trinajstić information content (AvgIpc) is 2.68. The van der Waals surface area contributed by atoms with E-state index in [-0.39, 0.29) is 5.97 Å². The zero-order valence-corrected chi connectivity index (χ0v) is 15.1. The van der Waals surface area contributed by atoms with Gasteiger partial charge in [-0.05, 0) is 46.4 Å². The van der Waals surface area contributed by atoms with Gasteiger partial charge in [0, 0.05) is 6.92 Å². The number of esters is 1. The van der Waals surface area contributed by atoms with Crippen LogP contribution in [0.4, 0.5) is 0 Å². The summed E-state index contributed by atoms with van der Waals surface area (Å²) in [6.07, 6.45) is 0.917. The Morgan fingerprint density at radius 1 is 0.731 bits per heavy atom. The lowest BCUT2D eigenvalue weighted by atomic mass is 9.88. The number of allylic oxidation sites excluding steroid dienone is 1. The first-order valence-corrected chi connectivity index (χ1v) is 8.82. The van der Waals surface area contributed by atoms with Crippen LogP contribution < -0.4 is 4.74 Å². The summed E-state index contributed by atoms with van der Waals surface area (Å²) in [5.41, 5.74) is 5.99. The van der Waals surface area contributed by atoms with Gasteiger partial charge in [-0.1, -0.05) is 79.7 Å². The van der Waals surface area contributed by atoms with E-state index in [1.165, 1.54) is 29.2 Å². The van der Waals surface area contributed by atoms with Crippen LogP contribution in [0.25, 0.3) is 11.1 Å². The van der Waals surface area contributed by atoms with Crippen molar-refractivity contribution in [3.63, 3.8) is 0 Å². The molecule has 0 saturated carbocycles. The molecule has 0 bridgehead atoms. The molecule has 0 aliphatic heterocycles. The van der Waals surface area contributed by atoms with Crippen molar-refractivity contribution in [2.75, 3.05) is 0 Å². The Morgan fingerprint density at radius 3 is 1.73 bits per heavy atom. The van der Waals surface area contributed by atoms with E-state index in [2.05, 4.69) is 55.5 Å². The second-order valence-corrected chi connectivity index (χ2v) is 6.06. The number of hydrogen-bond acceptors (Lipinski definition) is 2. The first-order chi connectivity index (χ1) is 12.7. The van der Waals surface area contributed by atoms with Gasteiger partial charge >= 0.3 is 5.97 Å². The molecule has 0 aromatic heterocycles. The lowest BCUT2D eigenvalue weighted by Gasteiger charge is -2.16. The minimum atomic E-state index is -0.310. The van der Waals surface area contributed by atoms with Crippen LogP contribution in [0.5, 0.6) is 5.75 Å². The highest BCUT2D eigenvalue weighted by Gasteiger charge is 2.13. The van der Waals surface area contributed by atoms with Gasteiger partial charge in [-0.25, -0.2) is 0 Å². The van der Waals surface area contributed by atoms with Crippen molar-refractivity contribution in [1.29, 1.82) is 0 Å². The van der Waals surface area contributed by atoms with E-state index in [1.54, 1.807) is 0 Å². The first-order valence-electron chi connectivity index (χ1n) is 8.82. The number of hydrogen-bond donors (Lipinski definition) is 0. The molecule has 0 radical (unpaired) electrons. The van der Waals surface area contributed by atoms with Crippen LogP contribution in [-0.2, 0) is 4.79 Å². The maximum Gasteiger partial charge on any atom is 0.308 e. The molecule has 26 heavy (non-hydrogen) atoms. The van der Waals surface area contributed by atoms with E-state index in [0.717, 1.165) is 12.0 Å². The van der Waals surface area contributed by atoms with Crippen molar-refractivity contribution in [3.8, 4) is 5.75 Å². The van der Waals surface area contributed by atoms with E-state index >= 15 is 0 Å². The van der Waals surface area contributed by atoms with Crippen molar-refractivity contribution >= 4 is 17.1 Å².